The van der Waals surface area contributed by atoms with E-state index in [1.54, 1.807) is 0 Å². The van der Waals surface area contributed by atoms with Crippen LogP contribution in [-0.4, -0.2) is 29.9 Å². The Morgan fingerprint density at radius 3 is 2.73 bits per heavy atom. The topological polar surface area (TPSA) is 58.4 Å². The maximum absolute atomic E-state index is 12.0. The van der Waals surface area contributed by atoms with Gasteiger partial charge in [0.1, 0.15) is 0 Å². The van der Waals surface area contributed by atoms with Crippen molar-refractivity contribution in [3.63, 3.8) is 0 Å². The molecule has 2 rings (SSSR count). The molecule has 1 amide bonds. The summed E-state index contributed by atoms with van der Waals surface area (Å²) in [7, 11) is 0. The van der Waals surface area contributed by atoms with Gasteiger partial charge in [0.15, 0.2) is 0 Å². The van der Waals surface area contributed by atoms with Gasteiger partial charge in [0.2, 0.25) is 0 Å². The molecular weight excluding hydrogens is 190 g/mol. The number of benzene rings is 1. The minimum Gasteiger partial charge on any atom is -0.337 e. The van der Waals surface area contributed by atoms with Crippen molar-refractivity contribution in [1.29, 1.82) is 0 Å². The average Bonchev–Trinajstić information content (AvgIpc) is 2.78. The van der Waals surface area contributed by atoms with Crippen LogP contribution in [0.3, 0.4) is 0 Å². The highest BCUT2D eigenvalue weighted by molar-refractivity contribution is 5.94. The second-order valence-corrected chi connectivity index (χ2v) is 3.77. The Kier molecular flexibility index (Phi) is 2.99. The maximum Gasteiger partial charge on any atom is 0.253 e. The SMILES string of the molecule is NNC1CCN(C(=O)c2ccccc2)C1. The molecule has 1 saturated heterocycles. The third kappa shape index (κ3) is 2.16. The van der Waals surface area contributed by atoms with E-state index in [0.717, 1.165) is 18.5 Å². The number of amides is 1. The first-order valence-corrected chi connectivity index (χ1v) is 5.11. The van der Waals surface area contributed by atoms with Gasteiger partial charge in [-0.1, -0.05) is 18.2 Å². The Balaban J connectivity index is 2.04. The van der Waals surface area contributed by atoms with E-state index in [2.05, 4.69) is 5.43 Å². The van der Waals surface area contributed by atoms with Crippen molar-refractivity contribution < 1.29 is 4.79 Å². The second-order valence-electron chi connectivity index (χ2n) is 3.77. The van der Waals surface area contributed by atoms with Crippen LogP contribution >= 0.6 is 0 Å². The number of carbonyl (C=O) groups is 1. The molecule has 0 saturated carbocycles. The van der Waals surface area contributed by atoms with Crippen molar-refractivity contribution in [2.75, 3.05) is 13.1 Å². The molecule has 1 fully saturated rings. The maximum atomic E-state index is 12.0. The van der Waals surface area contributed by atoms with E-state index >= 15 is 0 Å². The normalized spacial score (nSPS) is 20.6. The number of carbonyl (C=O) groups excluding carboxylic acids is 1. The van der Waals surface area contributed by atoms with E-state index in [1.807, 2.05) is 35.2 Å². The van der Waals surface area contributed by atoms with Crippen molar-refractivity contribution >= 4 is 5.91 Å². The van der Waals surface area contributed by atoms with Gasteiger partial charge in [0, 0.05) is 24.7 Å². The molecule has 80 valence electrons. The zero-order valence-electron chi connectivity index (χ0n) is 8.52. The van der Waals surface area contributed by atoms with Crippen molar-refractivity contribution in [2.24, 2.45) is 5.84 Å². The first-order chi connectivity index (χ1) is 7.31. The Morgan fingerprint density at radius 2 is 2.13 bits per heavy atom. The molecule has 0 aromatic heterocycles. The third-order valence-corrected chi connectivity index (χ3v) is 2.73. The standard InChI is InChI=1S/C11H15N3O/c12-13-10-6-7-14(8-10)11(15)9-4-2-1-3-5-9/h1-5,10,13H,6-8,12H2. The molecule has 1 aromatic carbocycles. The van der Waals surface area contributed by atoms with E-state index < -0.39 is 0 Å². The van der Waals surface area contributed by atoms with Crippen LogP contribution < -0.4 is 11.3 Å². The van der Waals surface area contributed by atoms with Crippen LogP contribution in [0.5, 0.6) is 0 Å². The van der Waals surface area contributed by atoms with Crippen LogP contribution in [0.2, 0.25) is 0 Å². The fraction of sp³-hybridized carbons (Fsp3) is 0.364. The molecule has 1 aromatic rings. The first-order valence-electron chi connectivity index (χ1n) is 5.11. The summed E-state index contributed by atoms with van der Waals surface area (Å²) in [6.45, 7) is 1.48. The summed E-state index contributed by atoms with van der Waals surface area (Å²) in [4.78, 5) is 13.8. The number of hydrazine groups is 1. The molecule has 0 bridgehead atoms. The fourth-order valence-corrected chi connectivity index (χ4v) is 1.84. The van der Waals surface area contributed by atoms with E-state index in [4.69, 9.17) is 5.84 Å². The van der Waals surface area contributed by atoms with Crippen LogP contribution in [0.25, 0.3) is 0 Å². The van der Waals surface area contributed by atoms with Crippen molar-refractivity contribution in [3.05, 3.63) is 35.9 Å². The number of rotatable bonds is 2. The van der Waals surface area contributed by atoms with Crippen LogP contribution in [0, 0.1) is 0 Å². The van der Waals surface area contributed by atoms with Gasteiger partial charge in [-0.3, -0.25) is 16.1 Å². The zero-order valence-corrected chi connectivity index (χ0v) is 8.52. The predicted molar refractivity (Wildman–Crippen MR) is 58.1 cm³/mol. The third-order valence-electron chi connectivity index (χ3n) is 2.73. The first kappa shape index (κ1) is 10.1. The summed E-state index contributed by atoms with van der Waals surface area (Å²) in [5.74, 6) is 5.44. The molecule has 1 atom stereocenters. The highest BCUT2D eigenvalue weighted by atomic mass is 16.2. The minimum absolute atomic E-state index is 0.0911. The summed E-state index contributed by atoms with van der Waals surface area (Å²) in [6.07, 6.45) is 0.926. The lowest BCUT2D eigenvalue weighted by atomic mass is 10.2. The van der Waals surface area contributed by atoms with Gasteiger partial charge in [-0.15, -0.1) is 0 Å². The average molecular weight is 205 g/mol. The molecular formula is C11H15N3O. The molecule has 4 heteroatoms. The molecule has 15 heavy (non-hydrogen) atoms. The molecule has 0 aliphatic carbocycles. The number of nitrogens with one attached hydrogen (secondary N) is 1. The lowest BCUT2D eigenvalue weighted by Gasteiger charge is -2.16. The summed E-state index contributed by atoms with van der Waals surface area (Å²) in [5, 5.41) is 0. The number of nitrogens with zero attached hydrogens (tertiary/aromatic N) is 1. The van der Waals surface area contributed by atoms with Gasteiger partial charge < -0.3 is 4.90 Å². The van der Waals surface area contributed by atoms with E-state index in [1.165, 1.54) is 0 Å². The lowest BCUT2D eigenvalue weighted by molar-refractivity contribution is 0.0789. The van der Waals surface area contributed by atoms with Gasteiger partial charge in [0.05, 0.1) is 0 Å². The molecule has 1 aliphatic heterocycles. The van der Waals surface area contributed by atoms with Crippen LogP contribution in [0.15, 0.2) is 30.3 Å². The monoisotopic (exact) mass is 205 g/mol. The summed E-state index contributed by atoms with van der Waals surface area (Å²) in [6, 6.07) is 9.57. The Bertz CT molecular complexity index is 339. The molecule has 1 heterocycles. The van der Waals surface area contributed by atoms with Crippen LogP contribution in [0.4, 0.5) is 0 Å². The van der Waals surface area contributed by atoms with E-state index in [-0.39, 0.29) is 11.9 Å². The second kappa shape index (κ2) is 4.42. The zero-order chi connectivity index (χ0) is 10.7. The molecule has 0 spiro atoms. The number of hydrogen-bond acceptors (Lipinski definition) is 3. The number of nitrogens with two attached hydrogens (primary N) is 1. The summed E-state index contributed by atoms with van der Waals surface area (Å²) < 4.78 is 0. The predicted octanol–water partition coefficient (Wildman–Crippen LogP) is 0.364. The fourth-order valence-electron chi connectivity index (χ4n) is 1.84. The van der Waals surface area contributed by atoms with Gasteiger partial charge in [-0.2, -0.15) is 0 Å². The molecule has 0 radical (unpaired) electrons. The van der Waals surface area contributed by atoms with Crippen LogP contribution in [0.1, 0.15) is 16.8 Å². The quantitative estimate of drug-likeness (QED) is 0.541. The van der Waals surface area contributed by atoms with Crippen molar-refractivity contribution in [3.8, 4) is 0 Å². The number of hydrogen-bond donors (Lipinski definition) is 2. The lowest BCUT2D eigenvalue weighted by Crippen LogP contribution is -2.38. The molecule has 1 unspecified atom stereocenters. The Hall–Kier alpha value is -1.39. The molecule has 1 aliphatic rings. The Labute approximate surface area is 89.0 Å². The van der Waals surface area contributed by atoms with E-state index in [9.17, 15) is 4.79 Å². The van der Waals surface area contributed by atoms with Crippen LogP contribution in [-0.2, 0) is 0 Å². The summed E-state index contributed by atoms with van der Waals surface area (Å²) in [5.41, 5.74) is 3.45. The summed E-state index contributed by atoms with van der Waals surface area (Å²) >= 11 is 0. The van der Waals surface area contributed by atoms with Crippen molar-refractivity contribution in [1.82, 2.24) is 10.3 Å². The van der Waals surface area contributed by atoms with Gasteiger partial charge >= 0.3 is 0 Å². The highest BCUT2D eigenvalue weighted by Gasteiger charge is 2.25. The minimum atomic E-state index is 0.0911. The number of likely N-dealkylation sites (tertiary alicyclic amines) is 1. The molecule has 3 N–H and O–H groups in total. The largest absolute Gasteiger partial charge is 0.337 e. The van der Waals surface area contributed by atoms with E-state index in [0.29, 0.717) is 6.54 Å². The van der Waals surface area contributed by atoms with Gasteiger partial charge in [0.25, 0.3) is 5.91 Å². The van der Waals surface area contributed by atoms with Gasteiger partial charge in [-0.05, 0) is 18.6 Å². The smallest absolute Gasteiger partial charge is 0.253 e. The van der Waals surface area contributed by atoms with Crippen molar-refractivity contribution in [2.45, 2.75) is 12.5 Å². The highest BCUT2D eigenvalue weighted by Crippen LogP contribution is 2.12. The van der Waals surface area contributed by atoms with Gasteiger partial charge in [-0.25, -0.2) is 0 Å². The molecule has 4 nitrogen and oxygen atoms in total. The Morgan fingerprint density at radius 1 is 1.40 bits per heavy atom.